The summed E-state index contributed by atoms with van der Waals surface area (Å²) < 4.78 is 0. The highest BCUT2D eigenvalue weighted by Gasteiger charge is 2.54. The number of nitrogens with zero attached hydrogens (tertiary/aromatic N) is 1. The second kappa shape index (κ2) is 7.22. The molecule has 4 aliphatic rings. The fourth-order valence-electron chi connectivity index (χ4n) is 5.67. The number of nitrogens with two attached hydrogens (primary N) is 1. The summed E-state index contributed by atoms with van der Waals surface area (Å²) in [5.41, 5.74) is 5.51. The Balaban J connectivity index is 1.24. The fourth-order valence-corrected chi connectivity index (χ4v) is 6.40. The third-order valence-electron chi connectivity index (χ3n) is 6.31. The van der Waals surface area contributed by atoms with Crippen molar-refractivity contribution in [3.63, 3.8) is 0 Å². The third kappa shape index (κ3) is 4.00. The van der Waals surface area contributed by atoms with Gasteiger partial charge in [-0.25, -0.2) is 4.98 Å². The molecule has 5 rings (SSSR count). The third-order valence-corrected chi connectivity index (χ3v) is 7.12. The van der Waals surface area contributed by atoms with Gasteiger partial charge in [-0.15, -0.1) is 11.3 Å². The number of anilines is 1. The molecule has 4 saturated carbocycles. The smallest absolute Gasteiger partial charge is 0.227 e. The monoisotopic (exact) mass is 390 g/mol. The Bertz CT molecular complexity index is 725. The standard InChI is InChI=1S/C19H26N4O3S/c20-15(24)6-14-10-27-18(22-14)23-16(25)1-2-21-17(26)19-7-11-3-12(8-19)5-13(4-11)9-19/h10-13H,1-9H2,(H2,20,24)(H,21,26)(H,22,23,25). The van der Waals surface area contributed by atoms with Crippen LogP contribution in [0.3, 0.4) is 0 Å². The zero-order valence-corrected chi connectivity index (χ0v) is 16.1. The second-order valence-electron chi connectivity index (χ2n) is 8.54. The molecule has 7 nitrogen and oxygen atoms in total. The van der Waals surface area contributed by atoms with Crippen molar-refractivity contribution >= 4 is 34.2 Å². The van der Waals surface area contributed by atoms with Gasteiger partial charge < -0.3 is 16.4 Å². The molecule has 0 aliphatic heterocycles. The van der Waals surface area contributed by atoms with Crippen LogP contribution in [0.1, 0.15) is 50.6 Å². The largest absolute Gasteiger partial charge is 0.369 e. The van der Waals surface area contributed by atoms with Crippen molar-refractivity contribution in [3.8, 4) is 0 Å². The number of primary amides is 1. The van der Waals surface area contributed by atoms with E-state index in [-0.39, 0.29) is 30.1 Å². The topological polar surface area (TPSA) is 114 Å². The lowest BCUT2D eigenvalue weighted by Gasteiger charge is -2.55. The predicted molar refractivity (Wildman–Crippen MR) is 102 cm³/mol. The SMILES string of the molecule is NC(=O)Cc1csc(NC(=O)CCNC(=O)C23CC4CC(CC(C4)C2)C3)n1. The molecule has 4 N–H and O–H groups in total. The average Bonchev–Trinajstić information content (AvgIpc) is 2.99. The summed E-state index contributed by atoms with van der Waals surface area (Å²) in [5, 5.41) is 7.87. The lowest BCUT2D eigenvalue weighted by molar-refractivity contribution is -0.146. The lowest BCUT2D eigenvalue weighted by Crippen LogP contribution is -2.53. The van der Waals surface area contributed by atoms with E-state index in [1.54, 1.807) is 5.38 Å². The highest BCUT2D eigenvalue weighted by atomic mass is 32.1. The highest BCUT2D eigenvalue weighted by molar-refractivity contribution is 7.13. The van der Waals surface area contributed by atoms with Crippen LogP contribution < -0.4 is 16.4 Å². The zero-order chi connectivity index (χ0) is 19.0. The number of thiazole rings is 1. The van der Waals surface area contributed by atoms with Crippen LogP contribution in [0.25, 0.3) is 0 Å². The normalized spacial score (nSPS) is 30.9. The summed E-state index contributed by atoms with van der Waals surface area (Å²) in [4.78, 5) is 40.0. The number of aromatic nitrogens is 1. The van der Waals surface area contributed by atoms with Crippen LogP contribution in [0.4, 0.5) is 5.13 Å². The van der Waals surface area contributed by atoms with Crippen LogP contribution in [-0.2, 0) is 20.8 Å². The molecule has 0 radical (unpaired) electrons. The highest BCUT2D eigenvalue weighted by Crippen LogP contribution is 2.60. The number of amides is 3. The van der Waals surface area contributed by atoms with Gasteiger partial charge in [0, 0.05) is 23.8 Å². The molecule has 0 aromatic carbocycles. The molecule has 0 saturated heterocycles. The molecule has 4 bridgehead atoms. The number of carbonyl (C=O) groups excluding carboxylic acids is 3. The van der Waals surface area contributed by atoms with Gasteiger partial charge >= 0.3 is 0 Å². The van der Waals surface area contributed by atoms with E-state index in [0.717, 1.165) is 37.0 Å². The van der Waals surface area contributed by atoms with Crippen LogP contribution >= 0.6 is 11.3 Å². The Morgan fingerprint density at radius 1 is 1.15 bits per heavy atom. The number of hydrogen-bond acceptors (Lipinski definition) is 5. The van der Waals surface area contributed by atoms with Gasteiger partial charge in [-0.3, -0.25) is 14.4 Å². The molecule has 0 spiro atoms. The molecule has 0 atom stereocenters. The van der Waals surface area contributed by atoms with Crippen LogP contribution in [0.2, 0.25) is 0 Å². The van der Waals surface area contributed by atoms with E-state index in [1.165, 1.54) is 30.6 Å². The maximum atomic E-state index is 12.8. The van der Waals surface area contributed by atoms with Gasteiger partial charge in [-0.1, -0.05) is 0 Å². The molecule has 27 heavy (non-hydrogen) atoms. The van der Waals surface area contributed by atoms with Gasteiger partial charge in [-0.05, 0) is 56.3 Å². The van der Waals surface area contributed by atoms with E-state index < -0.39 is 5.91 Å². The van der Waals surface area contributed by atoms with Crippen molar-refractivity contribution in [1.29, 1.82) is 0 Å². The van der Waals surface area contributed by atoms with Gasteiger partial charge in [0.1, 0.15) is 0 Å². The molecule has 1 aromatic heterocycles. The van der Waals surface area contributed by atoms with Crippen LogP contribution in [0.5, 0.6) is 0 Å². The summed E-state index contributed by atoms with van der Waals surface area (Å²) >= 11 is 1.26. The van der Waals surface area contributed by atoms with E-state index in [1.807, 2.05) is 0 Å². The summed E-state index contributed by atoms with van der Waals surface area (Å²) in [6, 6.07) is 0. The summed E-state index contributed by atoms with van der Waals surface area (Å²) in [6.45, 7) is 0.339. The first-order chi connectivity index (χ1) is 12.9. The molecule has 4 fully saturated rings. The minimum Gasteiger partial charge on any atom is -0.369 e. The van der Waals surface area contributed by atoms with E-state index in [0.29, 0.717) is 17.4 Å². The number of hydrogen-bond donors (Lipinski definition) is 3. The number of carbonyl (C=O) groups is 3. The first-order valence-electron chi connectivity index (χ1n) is 9.73. The zero-order valence-electron chi connectivity index (χ0n) is 15.3. The Labute approximate surface area is 162 Å². The Morgan fingerprint density at radius 3 is 2.37 bits per heavy atom. The second-order valence-corrected chi connectivity index (χ2v) is 9.40. The molecule has 3 amide bonds. The van der Waals surface area contributed by atoms with Crippen molar-refractivity contribution in [2.24, 2.45) is 28.9 Å². The summed E-state index contributed by atoms with van der Waals surface area (Å²) in [6.07, 6.45) is 7.27. The Kier molecular flexibility index (Phi) is 4.92. The molecular weight excluding hydrogens is 364 g/mol. The molecule has 146 valence electrons. The van der Waals surface area contributed by atoms with Crippen molar-refractivity contribution in [2.45, 2.75) is 51.4 Å². The van der Waals surface area contributed by atoms with E-state index >= 15 is 0 Å². The van der Waals surface area contributed by atoms with Crippen molar-refractivity contribution in [1.82, 2.24) is 10.3 Å². The first-order valence-corrected chi connectivity index (χ1v) is 10.6. The van der Waals surface area contributed by atoms with Crippen molar-refractivity contribution < 1.29 is 14.4 Å². The first kappa shape index (κ1) is 18.4. The molecular formula is C19H26N4O3S. The van der Waals surface area contributed by atoms with Crippen molar-refractivity contribution in [2.75, 3.05) is 11.9 Å². The van der Waals surface area contributed by atoms with Gasteiger partial charge in [-0.2, -0.15) is 0 Å². The number of rotatable bonds is 7. The average molecular weight is 391 g/mol. The van der Waals surface area contributed by atoms with Gasteiger partial charge in [0.25, 0.3) is 0 Å². The Morgan fingerprint density at radius 2 is 1.78 bits per heavy atom. The predicted octanol–water partition coefficient (Wildman–Crippen LogP) is 1.83. The van der Waals surface area contributed by atoms with Gasteiger partial charge in [0.15, 0.2) is 5.13 Å². The molecule has 0 unspecified atom stereocenters. The van der Waals surface area contributed by atoms with E-state index in [4.69, 9.17) is 5.73 Å². The quantitative estimate of drug-likeness (QED) is 0.659. The minimum atomic E-state index is -0.453. The lowest BCUT2D eigenvalue weighted by atomic mass is 9.49. The molecule has 4 aliphatic carbocycles. The molecule has 1 heterocycles. The van der Waals surface area contributed by atoms with Crippen LogP contribution in [0, 0.1) is 23.2 Å². The maximum Gasteiger partial charge on any atom is 0.227 e. The number of nitrogens with one attached hydrogen (secondary N) is 2. The Hall–Kier alpha value is -1.96. The van der Waals surface area contributed by atoms with Crippen LogP contribution in [0.15, 0.2) is 5.38 Å². The maximum absolute atomic E-state index is 12.8. The van der Waals surface area contributed by atoms with Gasteiger partial charge in [0.2, 0.25) is 17.7 Å². The minimum absolute atomic E-state index is 0.0630. The fraction of sp³-hybridized carbons (Fsp3) is 0.684. The summed E-state index contributed by atoms with van der Waals surface area (Å²) in [5.74, 6) is 1.68. The molecule has 8 heteroatoms. The van der Waals surface area contributed by atoms with Crippen LogP contribution in [-0.4, -0.2) is 29.3 Å². The van der Waals surface area contributed by atoms with E-state index in [9.17, 15) is 14.4 Å². The van der Waals surface area contributed by atoms with Crippen molar-refractivity contribution in [3.05, 3.63) is 11.1 Å². The molecule has 1 aromatic rings. The van der Waals surface area contributed by atoms with E-state index in [2.05, 4.69) is 15.6 Å². The van der Waals surface area contributed by atoms with Gasteiger partial charge in [0.05, 0.1) is 12.1 Å². The summed E-state index contributed by atoms with van der Waals surface area (Å²) in [7, 11) is 0.